The van der Waals surface area contributed by atoms with E-state index in [4.69, 9.17) is 9.47 Å². The average molecular weight is 613 g/mol. The lowest BCUT2D eigenvalue weighted by molar-refractivity contribution is -0.00100. The number of rotatable bonds is 12. The van der Waals surface area contributed by atoms with Gasteiger partial charge in [-0.1, -0.05) is 111 Å². The van der Waals surface area contributed by atoms with Crippen LogP contribution in [0, 0.1) is 0 Å². The molecule has 1 aliphatic carbocycles. The van der Waals surface area contributed by atoms with Crippen molar-refractivity contribution in [1.29, 1.82) is 0 Å². The Bertz CT molecular complexity index is 1680. The summed E-state index contributed by atoms with van der Waals surface area (Å²) in [6.07, 6.45) is 1.37. The van der Waals surface area contributed by atoms with Gasteiger partial charge in [0.05, 0.1) is 6.61 Å². The monoisotopic (exact) mass is 612 g/mol. The van der Waals surface area contributed by atoms with E-state index in [1.54, 1.807) is 0 Å². The van der Waals surface area contributed by atoms with E-state index in [0.717, 1.165) is 17.7 Å². The van der Waals surface area contributed by atoms with Gasteiger partial charge < -0.3 is 9.47 Å². The van der Waals surface area contributed by atoms with Gasteiger partial charge in [-0.05, 0) is 61.9 Å². The molecule has 0 saturated heterocycles. The molecular weight excluding hydrogens is 568 g/mol. The van der Waals surface area contributed by atoms with Crippen LogP contribution in [0.1, 0.15) is 105 Å². The lowest BCUT2D eigenvalue weighted by atomic mass is 9.67. The van der Waals surface area contributed by atoms with E-state index in [1.165, 1.54) is 47.2 Å². The highest BCUT2D eigenvalue weighted by Gasteiger charge is 2.40. The topological polar surface area (TPSA) is 72.8 Å². The van der Waals surface area contributed by atoms with E-state index >= 15 is 0 Å². The first-order chi connectivity index (χ1) is 20.8. The van der Waals surface area contributed by atoms with Crippen molar-refractivity contribution in [3.8, 4) is 5.75 Å². The summed E-state index contributed by atoms with van der Waals surface area (Å²) in [5, 5.41) is 0. The van der Waals surface area contributed by atoms with Gasteiger partial charge in [-0.25, -0.2) is 0 Å². The molecule has 0 spiro atoms. The van der Waals surface area contributed by atoms with Crippen LogP contribution < -0.4 is 4.74 Å². The number of hydrogen-bond acceptors (Lipinski definition) is 4. The van der Waals surface area contributed by atoms with Gasteiger partial charge in [-0.15, -0.1) is 0 Å². The van der Waals surface area contributed by atoms with Crippen molar-refractivity contribution in [3.05, 3.63) is 136 Å². The molecule has 0 heterocycles. The summed E-state index contributed by atoms with van der Waals surface area (Å²) in [4.78, 5) is -1.70. The molecule has 1 aliphatic rings. The minimum Gasteiger partial charge on any atom is -0.487 e. The fourth-order valence-corrected chi connectivity index (χ4v) is 6.35. The Hall–Kier alpha value is -3.45. The molecule has 0 saturated carbocycles. The lowest BCUT2D eigenvalue weighted by Crippen LogP contribution is -2.38. The number of hydrogen-bond donors (Lipinski definition) is 1. The summed E-state index contributed by atoms with van der Waals surface area (Å²) >= 11 is 0. The molecule has 0 bridgehead atoms. The molecule has 0 radical (unpaired) electrons. The SMILES string of the molecule is CC(c1ccccc1)c1cc(C(C)c2ccccc2)c(OC(C)(C)CCOC(C)(C)S(=O)(=O)O)c2c1CC2c1ccccc1. The molecule has 3 unspecified atom stereocenters. The van der Waals surface area contributed by atoms with Crippen molar-refractivity contribution < 1.29 is 22.4 Å². The Kier molecular flexibility index (Phi) is 9.08. The van der Waals surface area contributed by atoms with Gasteiger partial charge in [0.2, 0.25) is 0 Å². The quantitative estimate of drug-likeness (QED) is 0.162. The summed E-state index contributed by atoms with van der Waals surface area (Å²) in [7, 11) is -4.37. The molecule has 44 heavy (non-hydrogen) atoms. The fourth-order valence-electron chi connectivity index (χ4n) is 6.12. The largest absolute Gasteiger partial charge is 0.487 e. The van der Waals surface area contributed by atoms with E-state index in [1.807, 2.05) is 19.9 Å². The zero-order chi connectivity index (χ0) is 31.7. The van der Waals surface area contributed by atoms with Gasteiger partial charge in [0.25, 0.3) is 10.1 Å². The Morgan fingerprint density at radius 1 is 0.795 bits per heavy atom. The van der Waals surface area contributed by atoms with Gasteiger partial charge in [0.15, 0.2) is 4.93 Å². The van der Waals surface area contributed by atoms with Crippen LogP contribution in [-0.2, 0) is 21.3 Å². The van der Waals surface area contributed by atoms with Crippen molar-refractivity contribution in [2.24, 2.45) is 0 Å². The van der Waals surface area contributed by atoms with Crippen molar-refractivity contribution in [3.63, 3.8) is 0 Å². The van der Waals surface area contributed by atoms with Crippen molar-refractivity contribution in [2.75, 3.05) is 6.61 Å². The van der Waals surface area contributed by atoms with Crippen LogP contribution in [0.2, 0.25) is 0 Å². The molecule has 5 nitrogen and oxygen atoms in total. The normalized spacial score (nSPS) is 16.5. The number of fused-ring (bicyclic) bond motifs is 1. The fraction of sp³-hybridized carbons (Fsp3) is 0.368. The first-order valence-electron chi connectivity index (χ1n) is 15.4. The molecule has 1 N–H and O–H groups in total. The summed E-state index contributed by atoms with van der Waals surface area (Å²) in [5.74, 6) is 1.39. The Labute approximate surface area is 263 Å². The molecule has 0 fully saturated rings. The second-order valence-electron chi connectivity index (χ2n) is 13.0. The molecule has 3 atom stereocenters. The van der Waals surface area contributed by atoms with Crippen molar-refractivity contribution in [2.45, 2.75) is 82.7 Å². The highest BCUT2D eigenvalue weighted by Crippen LogP contribution is 2.53. The van der Waals surface area contributed by atoms with Crippen LogP contribution in [0.4, 0.5) is 0 Å². The maximum Gasteiger partial charge on any atom is 0.294 e. The number of ether oxygens (including phenoxy) is 2. The molecule has 4 aromatic rings. The van der Waals surface area contributed by atoms with Crippen molar-refractivity contribution >= 4 is 10.1 Å². The molecule has 0 aliphatic heterocycles. The van der Waals surface area contributed by atoms with Crippen LogP contribution >= 0.6 is 0 Å². The second-order valence-corrected chi connectivity index (χ2v) is 15.0. The Balaban J connectivity index is 1.62. The number of benzene rings is 4. The highest BCUT2D eigenvalue weighted by atomic mass is 32.2. The molecule has 232 valence electrons. The molecule has 6 heteroatoms. The van der Waals surface area contributed by atoms with Crippen molar-refractivity contribution in [1.82, 2.24) is 0 Å². The third kappa shape index (κ3) is 6.63. The van der Waals surface area contributed by atoms with Crippen LogP contribution in [-0.4, -0.2) is 30.1 Å². The summed E-state index contributed by atoms with van der Waals surface area (Å²) in [5.41, 5.74) is 8.13. The lowest BCUT2D eigenvalue weighted by Gasteiger charge is -2.41. The standard InChI is InChI=1S/C38H44O5S/c1-26(28-16-10-7-11-17-28)31-24-32(27(2)29-18-12-8-13-19-29)36(35-33(25-34(31)35)30-20-14-9-15-21-30)43-37(3,4)22-23-42-38(5,6)44(39,40)41/h7-21,24,26-27,33H,22-23,25H2,1-6H3,(H,39,40,41). The molecule has 4 aromatic carbocycles. The zero-order valence-electron chi connectivity index (χ0n) is 26.6. The van der Waals surface area contributed by atoms with Crippen LogP contribution in [0.25, 0.3) is 0 Å². The summed E-state index contributed by atoms with van der Waals surface area (Å²) in [6, 6.07) is 34.2. The van der Waals surface area contributed by atoms with Gasteiger partial charge in [-0.2, -0.15) is 8.42 Å². The van der Waals surface area contributed by atoms with E-state index in [9.17, 15) is 13.0 Å². The predicted octanol–water partition coefficient (Wildman–Crippen LogP) is 8.87. The average Bonchev–Trinajstić information content (AvgIpc) is 2.97. The Morgan fingerprint density at radius 2 is 1.30 bits per heavy atom. The second kappa shape index (κ2) is 12.5. The van der Waals surface area contributed by atoms with Gasteiger partial charge >= 0.3 is 0 Å². The maximum absolute atomic E-state index is 11.8. The molecular formula is C38H44O5S. The van der Waals surface area contributed by atoms with E-state index in [0.29, 0.717) is 6.42 Å². The minimum absolute atomic E-state index is 0.0701. The maximum atomic E-state index is 11.8. The highest BCUT2D eigenvalue weighted by molar-refractivity contribution is 7.87. The van der Waals surface area contributed by atoms with Crippen LogP contribution in [0.15, 0.2) is 97.1 Å². The van der Waals surface area contributed by atoms with E-state index in [-0.39, 0.29) is 24.4 Å². The van der Waals surface area contributed by atoms with Gasteiger partial charge in [0, 0.05) is 35.3 Å². The van der Waals surface area contributed by atoms with Crippen LogP contribution in [0.3, 0.4) is 0 Å². The summed E-state index contributed by atoms with van der Waals surface area (Å²) < 4.78 is 45.9. The van der Waals surface area contributed by atoms with Gasteiger partial charge in [0.1, 0.15) is 11.4 Å². The molecule has 0 aromatic heterocycles. The van der Waals surface area contributed by atoms with Crippen LogP contribution in [0.5, 0.6) is 5.75 Å². The smallest absolute Gasteiger partial charge is 0.294 e. The van der Waals surface area contributed by atoms with E-state index < -0.39 is 20.7 Å². The third-order valence-electron chi connectivity index (χ3n) is 9.14. The first-order valence-corrected chi connectivity index (χ1v) is 16.9. The minimum atomic E-state index is -4.37. The third-order valence-corrected chi connectivity index (χ3v) is 10.5. The zero-order valence-corrected chi connectivity index (χ0v) is 27.4. The molecule has 0 amide bonds. The first kappa shape index (κ1) is 32.0. The van der Waals surface area contributed by atoms with Gasteiger partial charge in [-0.3, -0.25) is 4.55 Å². The Morgan fingerprint density at radius 3 is 1.82 bits per heavy atom. The van der Waals surface area contributed by atoms with E-state index in [2.05, 4.69) is 105 Å². The predicted molar refractivity (Wildman–Crippen MR) is 177 cm³/mol. The summed E-state index contributed by atoms with van der Waals surface area (Å²) in [6.45, 7) is 11.4. The molecule has 5 rings (SSSR count).